The molecule has 132 valence electrons. The molecule has 0 bridgehead atoms. The van der Waals surface area contributed by atoms with Crippen LogP contribution in [0.5, 0.6) is 0 Å². The first kappa shape index (κ1) is 18.1. The van der Waals surface area contributed by atoms with Crippen LogP contribution in [0.3, 0.4) is 0 Å². The summed E-state index contributed by atoms with van der Waals surface area (Å²) in [6.07, 6.45) is 1.98. The van der Waals surface area contributed by atoms with Gasteiger partial charge >= 0.3 is 7.12 Å². The predicted octanol–water partition coefficient (Wildman–Crippen LogP) is 2.63. The Kier molecular flexibility index (Phi) is 4.71. The molecule has 0 aromatic heterocycles. The summed E-state index contributed by atoms with van der Waals surface area (Å²) < 4.78 is 27.6. The fourth-order valence-electron chi connectivity index (χ4n) is 3.16. The Morgan fingerprint density at radius 3 is 2.42 bits per heavy atom. The van der Waals surface area contributed by atoms with Gasteiger partial charge in [0.05, 0.1) is 22.2 Å². The largest absolute Gasteiger partial charge is 0.494 e. The molecule has 4 nitrogen and oxygen atoms in total. The minimum atomic E-state index is -0.996. The first-order chi connectivity index (χ1) is 11.1. The SMILES string of the molecule is CC(C)S(=O)NC1CCc2cc(B3OC(C)(C)C(C)(C)O3)ccc21. The first-order valence-corrected chi connectivity index (χ1v) is 9.97. The molecule has 3 rings (SSSR count). The van der Waals surface area contributed by atoms with E-state index in [0.29, 0.717) is 0 Å². The van der Waals surface area contributed by atoms with Crippen molar-refractivity contribution in [3.05, 3.63) is 29.3 Å². The molecule has 1 fully saturated rings. The van der Waals surface area contributed by atoms with Gasteiger partial charge < -0.3 is 9.31 Å². The summed E-state index contributed by atoms with van der Waals surface area (Å²) >= 11 is 0. The van der Waals surface area contributed by atoms with Crippen molar-refractivity contribution in [1.29, 1.82) is 0 Å². The Bertz CT molecular complexity index is 644. The lowest BCUT2D eigenvalue weighted by Gasteiger charge is -2.32. The average molecular weight is 349 g/mol. The van der Waals surface area contributed by atoms with Gasteiger partial charge in [0.25, 0.3) is 0 Å². The number of benzene rings is 1. The van der Waals surface area contributed by atoms with Crippen molar-refractivity contribution in [1.82, 2.24) is 4.72 Å². The second-order valence-electron chi connectivity index (χ2n) is 8.10. The van der Waals surface area contributed by atoms with Crippen LogP contribution in [0.4, 0.5) is 0 Å². The van der Waals surface area contributed by atoms with Gasteiger partial charge in [-0.2, -0.15) is 0 Å². The molecule has 1 N–H and O–H groups in total. The van der Waals surface area contributed by atoms with E-state index in [4.69, 9.17) is 9.31 Å². The van der Waals surface area contributed by atoms with Crippen LogP contribution in [0.1, 0.15) is 65.1 Å². The van der Waals surface area contributed by atoms with Crippen LogP contribution in [-0.2, 0) is 26.7 Å². The molecular weight excluding hydrogens is 321 g/mol. The smallest absolute Gasteiger partial charge is 0.399 e. The van der Waals surface area contributed by atoms with Crippen LogP contribution >= 0.6 is 0 Å². The molecule has 1 aliphatic heterocycles. The van der Waals surface area contributed by atoms with Crippen LogP contribution in [0.15, 0.2) is 18.2 Å². The van der Waals surface area contributed by atoms with Gasteiger partial charge in [0.2, 0.25) is 0 Å². The number of fused-ring (bicyclic) bond motifs is 1. The van der Waals surface area contributed by atoms with Crippen molar-refractivity contribution in [3.8, 4) is 0 Å². The number of nitrogens with one attached hydrogen (secondary N) is 1. The molecule has 2 aliphatic rings. The maximum absolute atomic E-state index is 12.1. The zero-order valence-electron chi connectivity index (χ0n) is 15.5. The van der Waals surface area contributed by atoms with Crippen LogP contribution < -0.4 is 10.2 Å². The lowest BCUT2D eigenvalue weighted by Crippen LogP contribution is -2.41. The Labute approximate surface area is 148 Å². The van der Waals surface area contributed by atoms with Gasteiger partial charge in [-0.15, -0.1) is 0 Å². The standard InChI is InChI=1S/C18H28BNO3S/c1-12(2)24(21)20-16-10-7-13-11-14(8-9-15(13)16)19-22-17(3,4)18(5,6)23-19/h8-9,11-12,16,20H,7,10H2,1-6H3. The number of hydrogen-bond donors (Lipinski definition) is 1. The second-order valence-corrected chi connectivity index (χ2v) is 9.88. The molecule has 0 spiro atoms. The minimum absolute atomic E-state index is 0.123. The second kappa shape index (κ2) is 6.24. The minimum Gasteiger partial charge on any atom is -0.399 e. The topological polar surface area (TPSA) is 47.6 Å². The van der Waals surface area contributed by atoms with Crippen LogP contribution in [-0.4, -0.2) is 27.8 Å². The lowest BCUT2D eigenvalue weighted by molar-refractivity contribution is 0.00578. The highest BCUT2D eigenvalue weighted by molar-refractivity contribution is 7.83. The van der Waals surface area contributed by atoms with Crippen molar-refractivity contribution in [2.75, 3.05) is 0 Å². The third-order valence-electron chi connectivity index (χ3n) is 5.46. The Morgan fingerprint density at radius 1 is 1.21 bits per heavy atom. The summed E-state index contributed by atoms with van der Waals surface area (Å²) in [5.74, 6) is 0. The molecule has 0 amide bonds. The third-order valence-corrected chi connectivity index (χ3v) is 6.83. The van der Waals surface area contributed by atoms with E-state index in [-0.39, 0.29) is 29.6 Å². The molecule has 2 unspecified atom stereocenters. The fourth-order valence-corrected chi connectivity index (χ4v) is 3.96. The van der Waals surface area contributed by atoms with Gasteiger partial charge in [-0.1, -0.05) is 18.2 Å². The normalized spacial score (nSPS) is 26.0. The predicted molar refractivity (Wildman–Crippen MR) is 99.6 cm³/mol. The van der Waals surface area contributed by atoms with E-state index in [1.165, 1.54) is 11.1 Å². The number of hydrogen-bond acceptors (Lipinski definition) is 3. The van der Waals surface area contributed by atoms with Gasteiger partial charge in [0, 0.05) is 11.3 Å². The highest BCUT2D eigenvalue weighted by atomic mass is 32.2. The molecule has 24 heavy (non-hydrogen) atoms. The van der Waals surface area contributed by atoms with E-state index in [1.54, 1.807) is 0 Å². The van der Waals surface area contributed by atoms with Crippen LogP contribution in [0.25, 0.3) is 0 Å². The maximum atomic E-state index is 12.1. The van der Waals surface area contributed by atoms with Gasteiger partial charge in [0.1, 0.15) is 0 Å². The van der Waals surface area contributed by atoms with Gasteiger partial charge in [0.15, 0.2) is 0 Å². The van der Waals surface area contributed by atoms with E-state index in [0.717, 1.165) is 18.3 Å². The number of aryl methyl sites for hydroxylation is 1. The summed E-state index contributed by atoms with van der Waals surface area (Å²) in [7, 11) is -1.32. The molecule has 1 aromatic carbocycles. The zero-order chi connectivity index (χ0) is 17.7. The number of rotatable bonds is 4. The molecule has 2 atom stereocenters. The van der Waals surface area contributed by atoms with Crippen molar-refractivity contribution in [3.63, 3.8) is 0 Å². The molecule has 0 saturated carbocycles. The van der Waals surface area contributed by atoms with Crippen LogP contribution in [0.2, 0.25) is 0 Å². The Hall–Kier alpha value is -0.685. The van der Waals surface area contributed by atoms with Crippen molar-refractivity contribution >= 4 is 23.6 Å². The van der Waals surface area contributed by atoms with Crippen LogP contribution in [0, 0.1) is 0 Å². The third kappa shape index (κ3) is 3.21. The van der Waals surface area contributed by atoms with Gasteiger partial charge in [-0.3, -0.25) is 0 Å². The van der Waals surface area contributed by atoms with Crippen molar-refractivity contribution in [2.45, 2.75) is 76.9 Å². The molecule has 1 aromatic rings. The summed E-state index contributed by atoms with van der Waals surface area (Å²) in [4.78, 5) is 0. The molecule has 0 radical (unpaired) electrons. The summed E-state index contributed by atoms with van der Waals surface area (Å²) in [5.41, 5.74) is 2.98. The maximum Gasteiger partial charge on any atom is 0.494 e. The van der Waals surface area contributed by atoms with Crippen molar-refractivity contribution < 1.29 is 13.5 Å². The van der Waals surface area contributed by atoms with Gasteiger partial charge in [-0.05, 0) is 71.0 Å². The quantitative estimate of drug-likeness (QED) is 0.850. The summed E-state index contributed by atoms with van der Waals surface area (Å²) in [6.45, 7) is 12.2. The highest BCUT2D eigenvalue weighted by Crippen LogP contribution is 2.37. The molecule has 6 heteroatoms. The summed E-state index contributed by atoms with van der Waals surface area (Å²) in [6, 6.07) is 6.59. The molecule has 1 saturated heterocycles. The van der Waals surface area contributed by atoms with E-state index >= 15 is 0 Å². The van der Waals surface area contributed by atoms with Crippen molar-refractivity contribution in [2.24, 2.45) is 0 Å². The molecular formula is C18H28BNO3S. The van der Waals surface area contributed by atoms with E-state index in [1.807, 2.05) is 13.8 Å². The molecule has 1 heterocycles. The summed E-state index contributed by atoms with van der Waals surface area (Å²) in [5, 5.41) is 0.123. The average Bonchev–Trinajstić information content (AvgIpc) is 2.97. The molecule has 1 aliphatic carbocycles. The Balaban J connectivity index is 1.78. The Morgan fingerprint density at radius 2 is 1.83 bits per heavy atom. The fraction of sp³-hybridized carbons (Fsp3) is 0.667. The van der Waals surface area contributed by atoms with E-state index in [2.05, 4.69) is 50.6 Å². The first-order valence-electron chi connectivity index (χ1n) is 8.76. The van der Waals surface area contributed by atoms with E-state index < -0.39 is 11.0 Å². The lowest BCUT2D eigenvalue weighted by atomic mass is 9.78. The van der Waals surface area contributed by atoms with E-state index in [9.17, 15) is 4.21 Å². The monoisotopic (exact) mass is 349 g/mol. The zero-order valence-corrected chi connectivity index (χ0v) is 16.3. The van der Waals surface area contributed by atoms with Gasteiger partial charge in [-0.25, -0.2) is 8.93 Å². The highest BCUT2D eigenvalue weighted by Gasteiger charge is 2.51.